The quantitative estimate of drug-likeness (QED) is 0.364. The summed E-state index contributed by atoms with van der Waals surface area (Å²) in [5.74, 6) is 0. The molecule has 0 aliphatic carbocycles. The second-order valence-electron chi connectivity index (χ2n) is 0.816. The van der Waals surface area contributed by atoms with Gasteiger partial charge in [0.05, 0.1) is 13.6 Å². The van der Waals surface area contributed by atoms with Gasteiger partial charge in [-0.15, -0.1) is 0 Å². The number of rotatable bonds is 1. The maximum Gasteiger partial charge on any atom is 0.0724 e. The monoisotopic (exact) mass is 130 g/mol. The third-order valence-electron chi connectivity index (χ3n) is 0.408. The first-order valence-corrected chi connectivity index (χ1v) is 1.69. The van der Waals surface area contributed by atoms with Crippen LogP contribution in [0.25, 0.3) is 0 Å². The molecule has 0 saturated heterocycles. The van der Waals surface area contributed by atoms with Crippen LogP contribution < -0.4 is 30.1 Å². The SMILES string of the molecule is CC[NH2+]C.[Cl-].[Cl-]. The third kappa shape index (κ3) is 24.0. The Morgan fingerprint density at radius 3 is 1.50 bits per heavy atom. The van der Waals surface area contributed by atoms with Crippen LogP contribution in [0.3, 0.4) is 0 Å². The molecule has 3 heteroatoms. The van der Waals surface area contributed by atoms with Gasteiger partial charge in [-0.2, -0.15) is 0 Å². The molecule has 2 N–H and O–H groups in total. The Bertz CT molecular complexity index is 10.8. The van der Waals surface area contributed by atoms with E-state index in [-0.39, 0.29) is 24.8 Å². The molecule has 0 unspecified atom stereocenters. The number of hydrogen-bond acceptors (Lipinski definition) is 0. The molecule has 0 radical (unpaired) electrons. The van der Waals surface area contributed by atoms with Gasteiger partial charge < -0.3 is 30.1 Å². The fourth-order valence-electron chi connectivity index (χ4n) is 0. The van der Waals surface area contributed by atoms with E-state index in [4.69, 9.17) is 0 Å². The lowest BCUT2D eigenvalue weighted by molar-refractivity contribution is -0.623. The Morgan fingerprint density at radius 1 is 1.33 bits per heavy atom. The molecule has 0 aromatic heterocycles. The van der Waals surface area contributed by atoms with Gasteiger partial charge in [0, 0.05) is 0 Å². The van der Waals surface area contributed by atoms with Gasteiger partial charge in [0.25, 0.3) is 0 Å². The minimum Gasteiger partial charge on any atom is -1.00 e. The maximum absolute atomic E-state index is 2.12. The van der Waals surface area contributed by atoms with Crippen LogP contribution in [-0.4, -0.2) is 13.6 Å². The molecule has 0 saturated carbocycles. The van der Waals surface area contributed by atoms with E-state index < -0.39 is 0 Å². The minimum atomic E-state index is 0. The normalized spacial score (nSPS) is 5.00. The summed E-state index contributed by atoms with van der Waals surface area (Å²) in [7, 11) is 2.06. The van der Waals surface area contributed by atoms with E-state index in [1.54, 1.807) is 0 Å². The molecule has 6 heavy (non-hydrogen) atoms. The second kappa shape index (κ2) is 17.7. The summed E-state index contributed by atoms with van der Waals surface area (Å²) in [5.41, 5.74) is 0. The van der Waals surface area contributed by atoms with E-state index >= 15 is 0 Å². The molecule has 0 aromatic carbocycles. The van der Waals surface area contributed by atoms with Crippen molar-refractivity contribution in [2.75, 3.05) is 13.6 Å². The van der Waals surface area contributed by atoms with E-state index in [9.17, 15) is 0 Å². The van der Waals surface area contributed by atoms with Crippen LogP contribution in [0.2, 0.25) is 0 Å². The lowest BCUT2D eigenvalue weighted by atomic mass is 10.8. The lowest BCUT2D eigenvalue weighted by Gasteiger charge is -1.73. The molecular formula is C3H10Cl2N-. The zero-order valence-electron chi connectivity index (χ0n) is 4.04. The Labute approximate surface area is 51.3 Å². The van der Waals surface area contributed by atoms with Crippen molar-refractivity contribution >= 4 is 0 Å². The second-order valence-corrected chi connectivity index (χ2v) is 0.816. The molecule has 0 aromatic rings. The van der Waals surface area contributed by atoms with Crippen molar-refractivity contribution in [1.29, 1.82) is 0 Å². The van der Waals surface area contributed by atoms with Crippen LogP contribution in [-0.2, 0) is 0 Å². The number of quaternary nitrogens is 1. The highest BCUT2D eigenvalue weighted by Gasteiger charge is 1.54. The van der Waals surface area contributed by atoms with Crippen LogP contribution in [0.5, 0.6) is 0 Å². The molecule has 0 atom stereocenters. The first-order valence-electron chi connectivity index (χ1n) is 1.69. The van der Waals surface area contributed by atoms with E-state index in [0.717, 1.165) is 0 Å². The lowest BCUT2D eigenvalue weighted by Crippen LogP contribution is -3.00. The van der Waals surface area contributed by atoms with Crippen LogP contribution in [0.15, 0.2) is 0 Å². The molecular weight excluding hydrogens is 121 g/mol. The zero-order chi connectivity index (χ0) is 3.41. The number of nitrogens with two attached hydrogens (primary N) is 1. The fraction of sp³-hybridized carbons (Fsp3) is 1.00. The average Bonchev–Trinajstić information content (AvgIpc) is 1.37. The molecule has 1 nitrogen and oxygen atoms in total. The van der Waals surface area contributed by atoms with Crippen molar-refractivity contribution in [2.24, 2.45) is 0 Å². The van der Waals surface area contributed by atoms with E-state index in [1.807, 2.05) is 0 Å². The summed E-state index contributed by atoms with van der Waals surface area (Å²) in [6, 6.07) is 0. The van der Waals surface area contributed by atoms with Crippen molar-refractivity contribution in [3.05, 3.63) is 0 Å². The Morgan fingerprint density at radius 2 is 1.50 bits per heavy atom. The number of hydrogen-bond donors (Lipinski definition) is 1. The van der Waals surface area contributed by atoms with Crippen molar-refractivity contribution in [2.45, 2.75) is 6.92 Å². The summed E-state index contributed by atoms with van der Waals surface area (Å²) in [6.07, 6.45) is 0. The number of halogens is 2. The standard InChI is InChI=1S/C3H9N.2ClH/c1-3-4-2;;/h4H,3H2,1-2H3;2*1H/p-1. The van der Waals surface area contributed by atoms with Crippen LogP contribution in [0, 0.1) is 0 Å². The fourth-order valence-corrected chi connectivity index (χ4v) is 0. The molecule has 0 fully saturated rings. The average molecular weight is 131 g/mol. The topological polar surface area (TPSA) is 16.6 Å². The summed E-state index contributed by atoms with van der Waals surface area (Å²) in [4.78, 5) is 0. The first kappa shape index (κ1) is 16.0. The highest BCUT2D eigenvalue weighted by Crippen LogP contribution is 1.18. The van der Waals surface area contributed by atoms with Crippen LogP contribution in [0.1, 0.15) is 6.92 Å². The van der Waals surface area contributed by atoms with Crippen molar-refractivity contribution < 1.29 is 30.1 Å². The largest absolute Gasteiger partial charge is 1.00 e. The Kier molecular flexibility index (Phi) is 47.2. The molecule has 0 bridgehead atoms. The highest BCUT2D eigenvalue weighted by atomic mass is 35.5. The van der Waals surface area contributed by atoms with E-state index in [0.29, 0.717) is 0 Å². The van der Waals surface area contributed by atoms with Crippen LogP contribution in [0.4, 0.5) is 0 Å². The van der Waals surface area contributed by atoms with E-state index in [2.05, 4.69) is 19.3 Å². The highest BCUT2D eigenvalue weighted by molar-refractivity contribution is 3.84. The molecule has 42 valence electrons. The molecule has 0 aliphatic rings. The Hall–Kier alpha value is 0.540. The molecule has 0 spiro atoms. The minimum absolute atomic E-state index is 0. The summed E-state index contributed by atoms with van der Waals surface area (Å²) < 4.78 is 0. The Balaban J connectivity index is -0.0000000450. The van der Waals surface area contributed by atoms with Gasteiger partial charge in [-0.3, -0.25) is 0 Å². The summed E-state index contributed by atoms with van der Waals surface area (Å²) >= 11 is 0. The van der Waals surface area contributed by atoms with Crippen molar-refractivity contribution in [3.63, 3.8) is 0 Å². The van der Waals surface area contributed by atoms with Gasteiger partial charge in [-0.05, 0) is 6.92 Å². The molecule has 0 amide bonds. The van der Waals surface area contributed by atoms with Crippen molar-refractivity contribution in [1.82, 2.24) is 0 Å². The predicted molar refractivity (Wildman–Crippen MR) is 18.4 cm³/mol. The smallest absolute Gasteiger partial charge is 0.0724 e. The summed E-state index contributed by atoms with van der Waals surface area (Å²) in [6.45, 7) is 3.32. The van der Waals surface area contributed by atoms with Gasteiger partial charge >= 0.3 is 0 Å². The van der Waals surface area contributed by atoms with Gasteiger partial charge in [-0.25, -0.2) is 0 Å². The van der Waals surface area contributed by atoms with Gasteiger partial charge in [0.2, 0.25) is 0 Å². The van der Waals surface area contributed by atoms with Crippen LogP contribution >= 0.6 is 0 Å². The predicted octanol–water partition coefficient (Wildman–Crippen LogP) is -6.79. The summed E-state index contributed by atoms with van der Waals surface area (Å²) in [5, 5.41) is 2.12. The van der Waals surface area contributed by atoms with Crippen molar-refractivity contribution in [3.8, 4) is 0 Å². The molecule has 0 aliphatic heterocycles. The van der Waals surface area contributed by atoms with Gasteiger partial charge in [0.15, 0.2) is 0 Å². The molecule has 0 heterocycles. The van der Waals surface area contributed by atoms with Gasteiger partial charge in [0.1, 0.15) is 0 Å². The first-order chi connectivity index (χ1) is 1.91. The molecule has 0 rings (SSSR count). The van der Waals surface area contributed by atoms with Gasteiger partial charge in [-0.1, -0.05) is 0 Å². The van der Waals surface area contributed by atoms with E-state index in [1.165, 1.54) is 6.54 Å². The zero-order valence-corrected chi connectivity index (χ0v) is 5.55. The third-order valence-corrected chi connectivity index (χ3v) is 0.408. The maximum atomic E-state index is 2.12.